The minimum absolute atomic E-state index is 0.0106. The molecule has 0 spiro atoms. The number of unbranched alkanes of at least 4 members (excludes halogenated alkanes) is 49. The lowest BCUT2D eigenvalue weighted by Crippen LogP contribution is -2.45. The Morgan fingerprint density at radius 2 is 0.610 bits per heavy atom. The Morgan fingerprint density at radius 1 is 0.341 bits per heavy atom. The van der Waals surface area contributed by atoms with Crippen molar-refractivity contribution >= 4 is 11.9 Å². The zero-order valence-electron chi connectivity index (χ0n) is 55.0. The third-order valence-corrected chi connectivity index (χ3v) is 16.8. The number of hydrogen-bond acceptors (Lipinski definition) is 5. The molecule has 0 fully saturated rings. The van der Waals surface area contributed by atoms with E-state index in [1.54, 1.807) is 6.08 Å². The number of hydrogen-bond donors (Lipinski definition) is 3. The molecule has 1 amide bonds. The van der Waals surface area contributed by atoms with E-state index in [1.807, 2.05) is 6.08 Å². The van der Waals surface area contributed by atoms with Crippen LogP contribution in [0.3, 0.4) is 0 Å². The first-order valence-corrected chi connectivity index (χ1v) is 36.6. The summed E-state index contributed by atoms with van der Waals surface area (Å²) in [5.74, 6) is -0.0550. The highest BCUT2D eigenvalue weighted by Gasteiger charge is 2.18. The minimum Gasteiger partial charge on any atom is -0.466 e. The van der Waals surface area contributed by atoms with Crippen molar-refractivity contribution in [2.24, 2.45) is 0 Å². The Kier molecular flexibility index (Phi) is 68.9. The molecule has 6 heteroatoms. The quantitative estimate of drug-likeness (QED) is 0.0320. The normalized spacial score (nSPS) is 12.9. The molecule has 0 aromatic heterocycles. The second-order valence-corrected chi connectivity index (χ2v) is 24.9. The highest BCUT2D eigenvalue weighted by atomic mass is 16.5. The summed E-state index contributed by atoms with van der Waals surface area (Å²) in [7, 11) is 0. The SMILES string of the molecule is CCCCC/C=C\C/C=C\CCCCCCCCCC(=O)OCCCCCCCCCCCCCCC/C=C\C/C=C\CCCCCCCCCCCCCCCCCCCC(=O)NC(CO)C(O)/C=C/CCCCCCCCCCC. The molecule has 82 heavy (non-hydrogen) atoms. The number of amides is 1. The number of carbonyl (C=O) groups is 2. The van der Waals surface area contributed by atoms with Crippen molar-refractivity contribution in [2.45, 2.75) is 398 Å². The predicted molar refractivity (Wildman–Crippen MR) is 361 cm³/mol. The molecular weight excluding hydrogens is 1010 g/mol. The molecule has 0 saturated heterocycles. The van der Waals surface area contributed by atoms with Crippen LogP contribution in [0.5, 0.6) is 0 Å². The Hall–Kier alpha value is -2.44. The Morgan fingerprint density at radius 3 is 0.951 bits per heavy atom. The van der Waals surface area contributed by atoms with Crippen LogP contribution >= 0.6 is 0 Å². The molecule has 0 bridgehead atoms. The largest absolute Gasteiger partial charge is 0.466 e. The molecule has 0 aromatic carbocycles. The van der Waals surface area contributed by atoms with Crippen molar-refractivity contribution in [1.29, 1.82) is 0 Å². The number of carbonyl (C=O) groups excluding carboxylic acids is 2. The van der Waals surface area contributed by atoms with Gasteiger partial charge in [0, 0.05) is 12.8 Å². The van der Waals surface area contributed by atoms with Crippen molar-refractivity contribution in [3.8, 4) is 0 Å². The summed E-state index contributed by atoms with van der Waals surface area (Å²) < 4.78 is 5.50. The fourth-order valence-corrected chi connectivity index (χ4v) is 11.2. The third-order valence-electron chi connectivity index (χ3n) is 16.8. The Bertz CT molecular complexity index is 1420. The zero-order chi connectivity index (χ0) is 59.2. The average molecular weight is 1150 g/mol. The van der Waals surface area contributed by atoms with Gasteiger partial charge in [0.2, 0.25) is 5.91 Å². The maximum absolute atomic E-state index is 12.4. The molecule has 0 heterocycles. The van der Waals surface area contributed by atoms with Gasteiger partial charge in [-0.3, -0.25) is 9.59 Å². The Labute approximate surface area is 511 Å². The summed E-state index contributed by atoms with van der Waals surface area (Å²) in [5.41, 5.74) is 0. The lowest BCUT2D eigenvalue weighted by molar-refractivity contribution is -0.143. The summed E-state index contributed by atoms with van der Waals surface area (Å²) in [6.45, 7) is 4.88. The van der Waals surface area contributed by atoms with E-state index in [1.165, 1.54) is 302 Å². The molecule has 0 aliphatic heterocycles. The van der Waals surface area contributed by atoms with Crippen molar-refractivity contribution < 1.29 is 24.5 Å². The number of allylic oxidation sites excluding steroid dienone is 9. The lowest BCUT2D eigenvalue weighted by Gasteiger charge is -2.20. The van der Waals surface area contributed by atoms with Gasteiger partial charge in [-0.2, -0.15) is 0 Å². The summed E-state index contributed by atoms with van der Waals surface area (Å²) >= 11 is 0. The van der Waals surface area contributed by atoms with Crippen molar-refractivity contribution in [3.63, 3.8) is 0 Å². The van der Waals surface area contributed by atoms with Gasteiger partial charge in [-0.25, -0.2) is 0 Å². The topological polar surface area (TPSA) is 95.9 Å². The van der Waals surface area contributed by atoms with E-state index < -0.39 is 12.1 Å². The number of aliphatic hydroxyl groups is 2. The van der Waals surface area contributed by atoms with Gasteiger partial charge in [0.15, 0.2) is 0 Å². The summed E-state index contributed by atoms with van der Waals surface area (Å²) in [6.07, 6.45) is 94.7. The predicted octanol–water partition coefficient (Wildman–Crippen LogP) is 23.8. The maximum atomic E-state index is 12.4. The van der Waals surface area contributed by atoms with Crippen LogP contribution in [0.4, 0.5) is 0 Å². The number of ether oxygens (including phenoxy) is 1. The molecule has 2 atom stereocenters. The number of esters is 1. The minimum atomic E-state index is -0.842. The van der Waals surface area contributed by atoms with Crippen LogP contribution < -0.4 is 5.32 Å². The van der Waals surface area contributed by atoms with Crippen LogP contribution in [0.1, 0.15) is 386 Å². The first kappa shape index (κ1) is 79.6. The van der Waals surface area contributed by atoms with Gasteiger partial charge in [0.05, 0.1) is 25.4 Å². The Balaban J connectivity index is 3.36. The van der Waals surface area contributed by atoms with Crippen LogP contribution in [-0.2, 0) is 14.3 Å². The summed E-state index contributed by atoms with van der Waals surface area (Å²) in [5, 5.41) is 23.1. The number of nitrogens with one attached hydrogen (secondary N) is 1. The van der Waals surface area contributed by atoms with Crippen LogP contribution in [0.2, 0.25) is 0 Å². The van der Waals surface area contributed by atoms with E-state index in [9.17, 15) is 19.8 Å². The van der Waals surface area contributed by atoms with E-state index in [4.69, 9.17) is 4.74 Å². The zero-order valence-corrected chi connectivity index (χ0v) is 55.0. The standard InChI is InChI=1S/C76H141NO5/c1-3-5-7-9-11-13-15-16-17-39-43-46-50-54-58-62-66-70-76(81)82-71-67-63-59-55-51-47-44-41-38-36-34-32-30-28-26-24-22-20-18-19-21-23-25-27-29-31-33-35-37-40-42-45-49-53-57-61-65-69-75(80)77-73(72-78)74(79)68-64-60-56-52-48-14-12-10-8-6-4-2/h11,13,16-18,20,24,26,64,68,73-74,78-79H,3-10,12,14-15,19,21-23,25,27-63,65-67,69-72H2,1-2H3,(H,77,80)/b13-11-,17-16-,20-18-,26-24-,68-64+. The lowest BCUT2D eigenvalue weighted by atomic mass is 10.0. The summed E-state index contributed by atoms with van der Waals surface area (Å²) in [6, 6.07) is -0.625. The highest BCUT2D eigenvalue weighted by Crippen LogP contribution is 2.18. The first-order valence-electron chi connectivity index (χ1n) is 36.6. The molecule has 6 nitrogen and oxygen atoms in total. The van der Waals surface area contributed by atoms with Crippen molar-refractivity contribution in [3.05, 3.63) is 60.8 Å². The monoisotopic (exact) mass is 1150 g/mol. The highest BCUT2D eigenvalue weighted by molar-refractivity contribution is 5.76. The fourth-order valence-electron chi connectivity index (χ4n) is 11.2. The van der Waals surface area contributed by atoms with Gasteiger partial charge in [0.25, 0.3) is 0 Å². The van der Waals surface area contributed by atoms with Gasteiger partial charge >= 0.3 is 5.97 Å². The van der Waals surface area contributed by atoms with Crippen LogP contribution in [-0.4, -0.2) is 47.4 Å². The maximum Gasteiger partial charge on any atom is 0.305 e. The molecule has 0 aliphatic carbocycles. The third kappa shape index (κ3) is 66.7. The van der Waals surface area contributed by atoms with E-state index >= 15 is 0 Å². The van der Waals surface area contributed by atoms with Crippen LogP contribution in [0.25, 0.3) is 0 Å². The molecule has 0 saturated carbocycles. The molecule has 480 valence electrons. The number of rotatable bonds is 68. The van der Waals surface area contributed by atoms with Gasteiger partial charge in [-0.05, 0) is 96.3 Å². The van der Waals surface area contributed by atoms with Crippen LogP contribution in [0.15, 0.2) is 60.8 Å². The van der Waals surface area contributed by atoms with E-state index in [-0.39, 0.29) is 18.5 Å². The molecule has 0 radical (unpaired) electrons. The summed E-state index contributed by atoms with van der Waals surface area (Å²) in [4.78, 5) is 24.5. The average Bonchev–Trinajstić information content (AvgIpc) is 3.48. The molecule has 0 aromatic rings. The van der Waals surface area contributed by atoms with Crippen molar-refractivity contribution in [1.82, 2.24) is 5.32 Å². The van der Waals surface area contributed by atoms with E-state index in [0.717, 1.165) is 57.8 Å². The molecule has 0 rings (SSSR count). The fraction of sp³-hybridized carbons (Fsp3) is 0.842. The van der Waals surface area contributed by atoms with Crippen LogP contribution in [0, 0.1) is 0 Å². The second-order valence-electron chi connectivity index (χ2n) is 24.9. The van der Waals surface area contributed by atoms with Gasteiger partial charge in [0.1, 0.15) is 0 Å². The molecule has 3 N–H and O–H groups in total. The van der Waals surface area contributed by atoms with Gasteiger partial charge < -0.3 is 20.3 Å². The van der Waals surface area contributed by atoms with Crippen molar-refractivity contribution in [2.75, 3.05) is 13.2 Å². The number of aliphatic hydroxyl groups excluding tert-OH is 2. The molecule has 2 unspecified atom stereocenters. The second kappa shape index (κ2) is 71.0. The van der Waals surface area contributed by atoms with Gasteiger partial charge in [-0.15, -0.1) is 0 Å². The first-order chi connectivity index (χ1) is 40.5. The van der Waals surface area contributed by atoms with E-state index in [2.05, 4.69) is 67.8 Å². The smallest absolute Gasteiger partial charge is 0.305 e. The molecular formula is C76H141NO5. The molecule has 0 aliphatic rings. The van der Waals surface area contributed by atoms with Gasteiger partial charge in [-0.1, -0.05) is 338 Å². The van der Waals surface area contributed by atoms with E-state index in [0.29, 0.717) is 19.4 Å².